The van der Waals surface area contributed by atoms with Crippen LogP contribution in [0.3, 0.4) is 0 Å². The second-order valence-electron chi connectivity index (χ2n) is 8.30. The molecule has 174 valence electrons. The number of piperidine rings is 1. The smallest absolute Gasteiger partial charge is 0.283 e. The number of ether oxygens (including phenoxy) is 1. The maximum atomic E-state index is 13.5. The molecule has 1 N–H and O–H groups in total. The van der Waals surface area contributed by atoms with Gasteiger partial charge in [0.15, 0.2) is 12.4 Å². The molecule has 10 heteroatoms. The fourth-order valence-corrected chi connectivity index (χ4v) is 6.13. The Hall–Kier alpha value is -2.79. The molecule has 0 bridgehead atoms. The zero-order chi connectivity index (χ0) is 22.8. The highest BCUT2D eigenvalue weighted by Crippen LogP contribution is 2.35. The van der Waals surface area contributed by atoms with E-state index in [0.29, 0.717) is 37.6 Å². The van der Waals surface area contributed by atoms with Crippen LogP contribution in [0.1, 0.15) is 53.7 Å². The summed E-state index contributed by atoms with van der Waals surface area (Å²) in [5, 5.41) is 13.2. The maximum absolute atomic E-state index is 13.5. The van der Waals surface area contributed by atoms with Gasteiger partial charge >= 0.3 is 0 Å². The summed E-state index contributed by atoms with van der Waals surface area (Å²) in [5.41, 5.74) is 2.88. The summed E-state index contributed by atoms with van der Waals surface area (Å²) in [5.74, 6) is 1.26. The molecule has 0 saturated carbocycles. The molecular formula is C23H26N4O5S. The van der Waals surface area contributed by atoms with E-state index in [1.165, 1.54) is 8.61 Å². The number of hydrogen-bond acceptors (Lipinski definition) is 7. The fraction of sp³-hybridized carbons (Fsp3) is 0.391. The number of fused-ring (bicyclic) bond motifs is 1. The summed E-state index contributed by atoms with van der Waals surface area (Å²) in [6.07, 6.45) is 2.34. The Labute approximate surface area is 192 Å². The Bertz CT molecular complexity index is 1190. The van der Waals surface area contributed by atoms with Gasteiger partial charge in [-0.3, -0.25) is 0 Å². The zero-order valence-electron chi connectivity index (χ0n) is 18.1. The SMILES string of the molecule is O=S(=O)(N1Cc2ccccc2C1)N1CCCCC1c1noc(COc2ccc(CO)cc2)n1. The third-order valence-electron chi connectivity index (χ3n) is 6.14. The average Bonchev–Trinajstić information content (AvgIpc) is 3.51. The highest BCUT2D eigenvalue weighted by atomic mass is 32.2. The second-order valence-corrected chi connectivity index (χ2v) is 10.2. The molecule has 33 heavy (non-hydrogen) atoms. The molecule has 3 heterocycles. The topological polar surface area (TPSA) is 109 Å². The van der Waals surface area contributed by atoms with Gasteiger partial charge in [-0.2, -0.15) is 22.0 Å². The van der Waals surface area contributed by atoms with Crippen molar-refractivity contribution in [2.45, 2.75) is 51.6 Å². The van der Waals surface area contributed by atoms with E-state index in [1.54, 1.807) is 24.3 Å². The molecule has 1 unspecified atom stereocenters. The second kappa shape index (κ2) is 9.22. The molecule has 2 aromatic carbocycles. The van der Waals surface area contributed by atoms with E-state index in [0.717, 1.165) is 29.5 Å². The number of hydrogen-bond donors (Lipinski definition) is 1. The lowest BCUT2D eigenvalue weighted by molar-refractivity contribution is 0.218. The van der Waals surface area contributed by atoms with Gasteiger partial charge in [0.2, 0.25) is 0 Å². The molecule has 2 aliphatic rings. The molecule has 3 aromatic rings. The van der Waals surface area contributed by atoms with E-state index >= 15 is 0 Å². The summed E-state index contributed by atoms with van der Waals surface area (Å²) in [4.78, 5) is 4.45. The van der Waals surface area contributed by atoms with Crippen molar-refractivity contribution in [1.29, 1.82) is 0 Å². The lowest BCUT2D eigenvalue weighted by atomic mass is 10.0. The van der Waals surface area contributed by atoms with E-state index in [9.17, 15) is 8.42 Å². The Kier molecular flexibility index (Phi) is 6.15. The van der Waals surface area contributed by atoms with Crippen LogP contribution < -0.4 is 4.74 Å². The summed E-state index contributed by atoms with van der Waals surface area (Å²) >= 11 is 0. The van der Waals surface area contributed by atoms with Gasteiger partial charge in [0, 0.05) is 19.6 Å². The Morgan fingerprint density at radius 1 is 1.06 bits per heavy atom. The van der Waals surface area contributed by atoms with Gasteiger partial charge in [-0.05, 0) is 41.7 Å². The summed E-state index contributed by atoms with van der Waals surface area (Å²) < 4.78 is 41.2. The first-order chi connectivity index (χ1) is 16.0. The van der Waals surface area contributed by atoms with Crippen LogP contribution in [0.15, 0.2) is 53.1 Å². The first kappa shape index (κ1) is 22.0. The zero-order valence-corrected chi connectivity index (χ0v) is 18.9. The number of benzene rings is 2. The van der Waals surface area contributed by atoms with Gasteiger partial charge in [0.05, 0.1) is 12.6 Å². The van der Waals surface area contributed by atoms with E-state index in [4.69, 9.17) is 14.4 Å². The predicted molar refractivity (Wildman–Crippen MR) is 119 cm³/mol. The summed E-state index contributed by atoms with van der Waals surface area (Å²) in [6, 6.07) is 14.4. The van der Waals surface area contributed by atoms with Crippen LogP contribution in [0.4, 0.5) is 0 Å². The minimum atomic E-state index is -3.69. The molecule has 5 rings (SSSR count). The minimum Gasteiger partial charge on any atom is -0.484 e. The van der Waals surface area contributed by atoms with Crippen LogP contribution in [0.5, 0.6) is 5.75 Å². The average molecular weight is 471 g/mol. The lowest BCUT2D eigenvalue weighted by Crippen LogP contribution is -2.45. The number of aromatic nitrogens is 2. The van der Waals surface area contributed by atoms with E-state index < -0.39 is 16.3 Å². The molecule has 1 aromatic heterocycles. The third kappa shape index (κ3) is 4.51. The van der Waals surface area contributed by atoms with E-state index in [1.807, 2.05) is 24.3 Å². The van der Waals surface area contributed by atoms with Crippen LogP contribution in [0, 0.1) is 0 Å². The predicted octanol–water partition coefficient (Wildman–Crippen LogP) is 2.93. The first-order valence-corrected chi connectivity index (χ1v) is 12.4. The molecule has 1 saturated heterocycles. The Morgan fingerprint density at radius 3 is 2.48 bits per heavy atom. The first-order valence-electron chi connectivity index (χ1n) is 11.0. The molecule has 0 spiro atoms. The van der Waals surface area contributed by atoms with Crippen molar-refractivity contribution in [3.05, 3.63) is 76.9 Å². The van der Waals surface area contributed by atoms with Gasteiger partial charge in [-0.15, -0.1) is 0 Å². The molecule has 1 fully saturated rings. The highest BCUT2D eigenvalue weighted by Gasteiger charge is 2.41. The van der Waals surface area contributed by atoms with E-state index in [2.05, 4.69) is 10.1 Å². The quantitative estimate of drug-likeness (QED) is 0.565. The number of aliphatic hydroxyl groups excluding tert-OH is 1. The molecule has 0 aliphatic carbocycles. The maximum Gasteiger partial charge on any atom is 0.283 e. The van der Waals surface area contributed by atoms with Crippen molar-refractivity contribution in [3.63, 3.8) is 0 Å². The van der Waals surface area contributed by atoms with Crippen LogP contribution in [0.2, 0.25) is 0 Å². The van der Waals surface area contributed by atoms with Crippen molar-refractivity contribution >= 4 is 10.2 Å². The Morgan fingerprint density at radius 2 is 1.79 bits per heavy atom. The number of nitrogens with zero attached hydrogens (tertiary/aromatic N) is 4. The number of aliphatic hydroxyl groups is 1. The van der Waals surface area contributed by atoms with Crippen LogP contribution in [-0.4, -0.2) is 38.8 Å². The normalized spacial score (nSPS) is 19.5. The Balaban J connectivity index is 1.29. The lowest BCUT2D eigenvalue weighted by Gasteiger charge is -2.35. The van der Waals surface area contributed by atoms with Crippen LogP contribution in [-0.2, 0) is 36.5 Å². The molecular weight excluding hydrogens is 444 g/mol. The summed E-state index contributed by atoms with van der Waals surface area (Å²) in [6.45, 7) is 1.23. The van der Waals surface area contributed by atoms with Gasteiger partial charge in [0.25, 0.3) is 16.1 Å². The van der Waals surface area contributed by atoms with Gasteiger partial charge < -0.3 is 14.4 Å². The molecule has 0 amide bonds. The van der Waals surface area contributed by atoms with Crippen molar-refractivity contribution in [3.8, 4) is 5.75 Å². The third-order valence-corrected chi connectivity index (χ3v) is 8.08. The van der Waals surface area contributed by atoms with Gasteiger partial charge in [0.1, 0.15) is 5.75 Å². The van der Waals surface area contributed by atoms with Crippen LogP contribution >= 0.6 is 0 Å². The molecule has 9 nitrogen and oxygen atoms in total. The van der Waals surface area contributed by atoms with Crippen molar-refractivity contribution in [2.75, 3.05) is 6.54 Å². The number of rotatable bonds is 7. The standard InChI is InChI=1S/C23H26N4O5S/c28-15-17-8-10-20(11-9-17)31-16-22-24-23(25-32-22)21-7-3-4-12-27(21)33(29,30)26-13-18-5-1-2-6-19(18)14-26/h1-2,5-6,8-11,21,28H,3-4,7,12-16H2. The van der Waals surface area contributed by atoms with Gasteiger partial charge in [-0.25, -0.2) is 0 Å². The minimum absolute atomic E-state index is 0.0301. The largest absolute Gasteiger partial charge is 0.484 e. The molecule has 1 atom stereocenters. The molecule has 0 radical (unpaired) electrons. The van der Waals surface area contributed by atoms with Crippen molar-refractivity contribution in [2.24, 2.45) is 0 Å². The van der Waals surface area contributed by atoms with Crippen molar-refractivity contribution < 1.29 is 22.8 Å². The van der Waals surface area contributed by atoms with Crippen molar-refractivity contribution in [1.82, 2.24) is 18.8 Å². The van der Waals surface area contributed by atoms with Crippen LogP contribution in [0.25, 0.3) is 0 Å². The van der Waals surface area contributed by atoms with Gasteiger partial charge in [-0.1, -0.05) is 48.0 Å². The fourth-order valence-electron chi connectivity index (χ4n) is 4.35. The van der Waals surface area contributed by atoms with E-state index in [-0.39, 0.29) is 19.1 Å². The summed E-state index contributed by atoms with van der Waals surface area (Å²) in [7, 11) is -3.69. The highest BCUT2D eigenvalue weighted by molar-refractivity contribution is 7.86. The molecule has 2 aliphatic heterocycles. The monoisotopic (exact) mass is 470 g/mol.